The van der Waals surface area contributed by atoms with Gasteiger partial charge in [-0.05, 0) is 11.6 Å². The van der Waals surface area contributed by atoms with Crippen LogP contribution in [0.3, 0.4) is 0 Å². The van der Waals surface area contributed by atoms with E-state index in [2.05, 4.69) is 15.9 Å². The maximum absolute atomic E-state index is 6.09. The van der Waals surface area contributed by atoms with Crippen LogP contribution >= 0.6 is 27.5 Å². The number of methoxy groups -OCH3 is 1. The molecule has 1 aromatic rings. The lowest BCUT2D eigenvalue weighted by atomic mass is 10.2. The van der Waals surface area contributed by atoms with Gasteiger partial charge in [-0.1, -0.05) is 39.7 Å². The molecular weight excluding hydrogens is 267 g/mol. The van der Waals surface area contributed by atoms with Gasteiger partial charge in [-0.15, -0.1) is 0 Å². The molecule has 0 spiro atoms. The van der Waals surface area contributed by atoms with E-state index >= 15 is 0 Å². The normalized spacial score (nSPS) is 10.2. The van der Waals surface area contributed by atoms with Crippen molar-refractivity contribution in [3.63, 3.8) is 0 Å². The molecule has 78 valence electrons. The second kappa shape index (κ2) is 6.27. The van der Waals surface area contributed by atoms with Crippen molar-refractivity contribution in [2.75, 3.05) is 20.3 Å². The lowest BCUT2D eigenvalue weighted by Gasteiger charge is -2.09. The molecule has 0 N–H and O–H groups in total. The number of hydrogen-bond donors (Lipinski definition) is 0. The van der Waals surface area contributed by atoms with Crippen molar-refractivity contribution in [1.29, 1.82) is 0 Å². The molecular formula is C10H12BrClO2. The topological polar surface area (TPSA) is 18.5 Å². The number of alkyl halides is 1. The van der Waals surface area contributed by atoms with Crippen LogP contribution in [0.25, 0.3) is 0 Å². The van der Waals surface area contributed by atoms with Crippen LogP contribution in [0.2, 0.25) is 5.02 Å². The summed E-state index contributed by atoms with van der Waals surface area (Å²) < 4.78 is 10.3. The zero-order valence-electron chi connectivity index (χ0n) is 7.93. The Hall–Kier alpha value is -0.250. The average Bonchev–Trinajstić information content (AvgIpc) is 2.21. The van der Waals surface area contributed by atoms with Crippen molar-refractivity contribution >= 4 is 27.5 Å². The largest absolute Gasteiger partial charge is 0.490 e. The van der Waals surface area contributed by atoms with Crippen molar-refractivity contribution < 1.29 is 9.47 Å². The molecule has 0 heterocycles. The summed E-state index contributed by atoms with van der Waals surface area (Å²) in [6.07, 6.45) is 0. The van der Waals surface area contributed by atoms with Gasteiger partial charge in [-0.2, -0.15) is 0 Å². The minimum atomic E-state index is 0.516. The van der Waals surface area contributed by atoms with Gasteiger partial charge in [0.05, 0.1) is 11.6 Å². The number of benzene rings is 1. The highest BCUT2D eigenvalue weighted by Crippen LogP contribution is 2.29. The molecule has 0 aromatic heterocycles. The zero-order valence-corrected chi connectivity index (χ0v) is 10.3. The highest BCUT2D eigenvalue weighted by Gasteiger charge is 2.05. The Kier molecular flexibility index (Phi) is 5.30. The van der Waals surface area contributed by atoms with Gasteiger partial charge in [0.1, 0.15) is 12.4 Å². The van der Waals surface area contributed by atoms with E-state index in [0.717, 1.165) is 10.9 Å². The maximum Gasteiger partial charge on any atom is 0.138 e. The van der Waals surface area contributed by atoms with Gasteiger partial charge in [-0.25, -0.2) is 0 Å². The molecule has 0 amide bonds. The van der Waals surface area contributed by atoms with E-state index in [1.807, 2.05) is 18.2 Å². The molecule has 0 unspecified atom stereocenters. The fraction of sp³-hybridized carbons (Fsp3) is 0.400. The van der Waals surface area contributed by atoms with Gasteiger partial charge in [0.25, 0.3) is 0 Å². The van der Waals surface area contributed by atoms with E-state index in [9.17, 15) is 0 Å². The van der Waals surface area contributed by atoms with Gasteiger partial charge in [0, 0.05) is 12.4 Å². The minimum absolute atomic E-state index is 0.516. The van der Waals surface area contributed by atoms with Crippen LogP contribution in [-0.4, -0.2) is 20.3 Å². The van der Waals surface area contributed by atoms with Crippen molar-refractivity contribution in [3.05, 3.63) is 28.8 Å². The third kappa shape index (κ3) is 3.15. The van der Waals surface area contributed by atoms with Crippen LogP contribution in [0.4, 0.5) is 0 Å². The van der Waals surface area contributed by atoms with Crippen LogP contribution < -0.4 is 4.74 Å². The first-order valence-electron chi connectivity index (χ1n) is 4.24. The molecule has 14 heavy (non-hydrogen) atoms. The molecule has 1 aromatic carbocycles. The summed E-state index contributed by atoms with van der Waals surface area (Å²) in [7, 11) is 1.64. The minimum Gasteiger partial charge on any atom is -0.490 e. The summed E-state index contributed by atoms with van der Waals surface area (Å²) in [6, 6.07) is 5.73. The molecule has 0 saturated heterocycles. The lowest BCUT2D eigenvalue weighted by molar-refractivity contribution is 0.146. The van der Waals surface area contributed by atoms with Crippen molar-refractivity contribution in [2.45, 2.75) is 5.33 Å². The second-order valence-electron chi connectivity index (χ2n) is 2.70. The van der Waals surface area contributed by atoms with E-state index < -0.39 is 0 Å². The Morgan fingerprint density at radius 3 is 2.79 bits per heavy atom. The molecule has 0 fully saturated rings. The van der Waals surface area contributed by atoms with Gasteiger partial charge in [0.2, 0.25) is 0 Å². The van der Waals surface area contributed by atoms with Crippen molar-refractivity contribution in [1.82, 2.24) is 0 Å². The first kappa shape index (κ1) is 11.8. The highest BCUT2D eigenvalue weighted by atomic mass is 79.9. The summed E-state index contributed by atoms with van der Waals surface area (Å²) in [5.74, 6) is 0.709. The highest BCUT2D eigenvalue weighted by molar-refractivity contribution is 9.08. The first-order valence-corrected chi connectivity index (χ1v) is 5.74. The Balaban J connectivity index is 2.66. The van der Waals surface area contributed by atoms with Gasteiger partial charge >= 0.3 is 0 Å². The Bertz CT molecular complexity index is 291. The number of hydrogen-bond acceptors (Lipinski definition) is 2. The van der Waals surface area contributed by atoms with Crippen LogP contribution in [0, 0.1) is 0 Å². The lowest BCUT2D eigenvalue weighted by Crippen LogP contribution is -2.04. The summed E-state index contributed by atoms with van der Waals surface area (Å²) in [4.78, 5) is 0. The second-order valence-corrected chi connectivity index (χ2v) is 3.64. The summed E-state index contributed by atoms with van der Waals surface area (Å²) >= 11 is 9.45. The van der Waals surface area contributed by atoms with E-state index in [-0.39, 0.29) is 0 Å². The van der Waals surface area contributed by atoms with Gasteiger partial charge < -0.3 is 9.47 Å². The molecule has 1 rings (SSSR count). The third-order valence-corrected chi connectivity index (χ3v) is 2.77. The predicted molar refractivity (Wildman–Crippen MR) is 61.5 cm³/mol. The smallest absolute Gasteiger partial charge is 0.138 e. The first-order chi connectivity index (χ1) is 6.79. The average molecular weight is 280 g/mol. The van der Waals surface area contributed by atoms with Gasteiger partial charge in [-0.3, -0.25) is 0 Å². The SMILES string of the molecule is COCCOc1cccc(CBr)c1Cl. The number of halogens is 2. The van der Waals surface area contributed by atoms with Gasteiger partial charge in [0.15, 0.2) is 0 Å². The number of ether oxygens (including phenoxy) is 2. The quantitative estimate of drug-likeness (QED) is 0.608. The van der Waals surface area contributed by atoms with E-state index in [1.54, 1.807) is 7.11 Å². The Morgan fingerprint density at radius 1 is 1.36 bits per heavy atom. The summed E-state index contributed by atoms with van der Waals surface area (Å²) in [5, 5.41) is 1.40. The molecule has 0 aliphatic heterocycles. The fourth-order valence-corrected chi connectivity index (χ4v) is 1.88. The maximum atomic E-state index is 6.09. The zero-order chi connectivity index (χ0) is 10.4. The molecule has 0 aliphatic carbocycles. The molecule has 0 radical (unpaired) electrons. The van der Waals surface area contributed by atoms with Crippen LogP contribution in [0.15, 0.2) is 18.2 Å². The molecule has 0 atom stereocenters. The number of rotatable bonds is 5. The van der Waals surface area contributed by atoms with Crippen molar-refractivity contribution in [2.24, 2.45) is 0 Å². The molecule has 2 nitrogen and oxygen atoms in total. The van der Waals surface area contributed by atoms with E-state index in [1.165, 1.54) is 0 Å². The Labute approximate surface area is 97.3 Å². The van der Waals surface area contributed by atoms with Crippen LogP contribution in [0.5, 0.6) is 5.75 Å². The van der Waals surface area contributed by atoms with E-state index in [0.29, 0.717) is 24.0 Å². The predicted octanol–water partition coefficient (Wildman–Crippen LogP) is 3.26. The standard InChI is InChI=1S/C10H12BrClO2/c1-13-5-6-14-9-4-2-3-8(7-11)10(9)12/h2-4H,5-7H2,1H3. The molecule has 0 aliphatic rings. The monoisotopic (exact) mass is 278 g/mol. The third-order valence-electron chi connectivity index (χ3n) is 1.73. The molecule has 0 bridgehead atoms. The van der Waals surface area contributed by atoms with Crippen LogP contribution in [0.1, 0.15) is 5.56 Å². The van der Waals surface area contributed by atoms with Crippen molar-refractivity contribution in [3.8, 4) is 5.75 Å². The fourth-order valence-electron chi connectivity index (χ4n) is 1.01. The summed E-state index contributed by atoms with van der Waals surface area (Å²) in [5.41, 5.74) is 1.03. The Morgan fingerprint density at radius 2 is 2.14 bits per heavy atom. The summed E-state index contributed by atoms with van der Waals surface area (Å²) in [6.45, 7) is 1.08. The van der Waals surface area contributed by atoms with Crippen LogP contribution in [-0.2, 0) is 10.1 Å². The molecule has 0 saturated carbocycles. The molecule has 4 heteroatoms. The van der Waals surface area contributed by atoms with E-state index in [4.69, 9.17) is 21.1 Å².